The average Bonchev–Trinajstić information content (AvgIpc) is 2.49. The molecule has 0 aliphatic heterocycles. The number of carboxylic acids is 1. The number of aliphatic carboxylic acids is 1. The van der Waals surface area contributed by atoms with E-state index in [1.54, 1.807) is 0 Å². The molecular weight excluding hydrogens is 317 g/mol. The Morgan fingerprint density at radius 2 is 1.26 bits per heavy atom. The first-order chi connectivity index (χ1) is 10.7. The van der Waals surface area contributed by atoms with Gasteiger partial charge in [-0.15, -0.1) is 0 Å². The second-order valence-electron chi connectivity index (χ2n) is 6.14. The molecule has 4 nitrogen and oxygen atoms in total. The summed E-state index contributed by atoms with van der Waals surface area (Å²) in [5.41, 5.74) is 0. The molecule has 0 aromatic heterocycles. The van der Waals surface area contributed by atoms with E-state index in [0.29, 0.717) is 19.5 Å². The van der Waals surface area contributed by atoms with Gasteiger partial charge in [-0.1, -0.05) is 71.1 Å². The van der Waals surface area contributed by atoms with Crippen LogP contribution in [0.15, 0.2) is 0 Å². The summed E-state index contributed by atoms with van der Waals surface area (Å²) in [6, 6.07) is 0. The van der Waals surface area contributed by atoms with E-state index in [0.717, 1.165) is 12.8 Å². The fourth-order valence-electron chi connectivity index (χ4n) is 2.50. The second-order valence-corrected chi connectivity index (χ2v) is 6.14. The standard InChI is InChI=1S/C18H35NO3.K/c1-2-3-4-5-6-7-8-9-10-11-12-13-17(20)16-19-15-14-18(21)22;/h19H,2-16H2,1H3,(H,21,22);. The van der Waals surface area contributed by atoms with Crippen LogP contribution in [0.5, 0.6) is 0 Å². The molecule has 0 spiro atoms. The Bertz CT molecular complexity index is 285. The molecule has 5 heteroatoms. The first-order valence-electron chi connectivity index (χ1n) is 9.11. The predicted octanol–water partition coefficient (Wildman–Crippen LogP) is 3.94. The zero-order valence-electron chi connectivity index (χ0n) is 15.4. The van der Waals surface area contributed by atoms with Crippen LogP contribution in [0.2, 0.25) is 0 Å². The number of carboxylic acid groups (broad SMARTS) is 1. The van der Waals surface area contributed by atoms with E-state index in [9.17, 15) is 9.59 Å². The fourth-order valence-corrected chi connectivity index (χ4v) is 2.50. The van der Waals surface area contributed by atoms with Crippen LogP contribution in [0, 0.1) is 0 Å². The molecule has 0 unspecified atom stereocenters. The van der Waals surface area contributed by atoms with Crippen molar-refractivity contribution in [1.82, 2.24) is 5.32 Å². The van der Waals surface area contributed by atoms with E-state index < -0.39 is 5.97 Å². The van der Waals surface area contributed by atoms with Gasteiger partial charge in [-0.25, -0.2) is 0 Å². The maximum absolute atomic E-state index is 11.5. The third-order valence-electron chi connectivity index (χ3n) is 3.90. The number of rotatable bonds is 17. The molecule has 0 saturated carbocycles. The van der Waals surface area contributed by atoms with Crippen molar-refractivity contribution in [3.8, 4) is 0 Å². The van der Waals surface area contributed by atoms with Gasteiger partial charge in [-0.2, -0.15) is 0 Å². The van der Waals surface area contributed by atoms with E-state index in [1.165, 1.54) is 57.8 Å². The summed E-state index contributed by atoms with van der Waals surface area (Å²) in [6.45, 7) is 2.93. The Kier molecular flexibility index (Phi) is 23.5. The Balaban J connectivity index is 0. The summed E-state index contributed by atoms with van der Waals surface area (Å²) in [5, 5.41) is 11.3. The van der Waals surface area contributed by atoms with Crippen molar-refractivity contribution in [2.75, 3.05) is 13.1 Å². The van der Waals surface area contributed by atoms with Gasteiger partial charge in [0.15, 0.2) is 0 Å². The molecule has 2 N–H and O–H groups in total. The normalized spacial score (nSPS) is 10.3. The molecule has 23 heavy (non-hydrogen) atoms. The van der Waals surface area contributed by atoms with E-state index in [2.05, 4.69) is 12.2 Å². The van der Waals surface area contributed by atoms with E-state index in [4.69, 9.17) is 5.11 Å². The van der Waals surface area contributed by atoms with Crippen molar-refractivity contribution >= 4 is 63.1 Å². The summed E-state index contributed by atoms with van der Waals surface area (Å²) >= 11 is 0. The molecule has 0 aromatic rings. The smallest absolute Gasteiger partial charge is 0.304 e. The number of ketones is 1. The van der Waals surface area contributed by atoms with Crippen molar-refractivity contribution in [2.45, 2.75) is 90.4 Å². The summed E-state index contributed by atoms with van der Waals surface area (Å²) in [4.78, 5) is 21.8. The number of hydrogen-bond acceptors (Lipinski definition) is 3. The minimum absolute atomic E-state index is 0. The Morgan fingerprint density at radius 1 is 0.783 bits per heavy atom. The van der Waals surface area contributed by atoms with Crippen LogP contribution >= 0.6 is 0 Å². The second kappa shape index (κ2) is 20.8. The van der Waals surface area contributed by atoms with Crippen LogP contribution in [-0.4, -0.2) is 81.3 Å². The van der Waals surface area contributed by atoms with Gasteiger partial charge in [0, 0.05) is 64.4 Å². The van der Waals surface area contributed by atoms with Gasteiger partial charge in [0.1, 0.15) is 5.78 Å². The molecule has 0 aromatic carbocycles. The minimum atomic E-state index is -0.828. The van der Waals surface area contributed by atoms with Crippen LogP contribution in [0.25, 0.3) is 0 Å². The third-order valence-corrected chi connectivity index (χ3v) is 3.90. The maximum Gasteiger partial charge on any atom is 0.304 e. The number of Topliss-reactive ketones (excluding diaryl/α,β-unsaturated/α-hetero) is 1. The van der Waals surface area contributed by atoms with Gasteiger partial charge < -0.3 is 10.4 Å². The van der Waals surface area contributed by atoms with Crippen molar-refractivity contribution < 1.29 is 14.7 Å². The van der Waals surface area contributed by atoms with Crippen molar-refractivity contribution in [1.29, 1.82) is 0 Å². The van der Waals surface area contributed by atoms with Gasteiger partial charge in [-0.3, -0.25) is 9.59 Å². The third kappa shape index (κ3) is 22.7. The molecule has 0 bridgehead atoms. The first kappa shape index (κ1) is 26.0. The molecule has 0 heterocycles. The molecule has 0 amide bonds. The van der Waals surface area contributed by atoms with Gasteiger partial charge in [0.2, 0.25) is 0 Å². The molecule has 0 aliphatic rings. The molecule has 1 radical (unpaired) electrons. The molecule has 0 rings (SSSR count). The summed E-state index contributed by atoms with van der Waals surface area (Å²) in [7, 11) is 0. The molecule has 0 saturated heterocycles. The Hall–Kier alpha value is 0.736. The predicted molar refractivity (Wildman–Crippen MR) is 97.0 cm³/mol. The monoisotopic (exact) mass is 352 g/mol. The summed E-state index contributed by atoms with van der Waals surface area (Å²) < 4.78 is 0. The van der Waals surface area contributed by atoms with E-state index in [-0.39, 0.29) is 63.6 Å². The van der Waals surface area contributed by atoms with E-state index >= 15 is 0 Å². The zero-order chi connectivity index (χ0) is 16.5. The van der Waals surface area contributed by atoms with Gasteiger partial charge in [0.25, 0.3) is 0 Å². The van der Waals surface area contributed by atoms with Crippen LogP contribution in [0.4, 0.5) is 0 Å². The van der Waals surface area contributed by atoms with Gasteiger partial charge >= 0.3 is 5.97 Å². The average molecular weight is 353 g/mol. The van der Waals surface area contributed by atoms with Crippen molar-refractivity contribution in [3.63, 3.8) is 0 Å². The van der Waals surface area contributed by atoms with Gasteiger partial charge in [-0.05, 0) is 6.42 Å². The topological polar surface area (TPSA) is 66.4 Å². The number of nitrogens with one attached hydrogen (secondary N) is 1. The van der Waals surface area contributed by atoms with Crippen LogP contribution in [0.3, 0.4) is 0 Å². The first-order valence-corrected chi connectivity index (χ1v) is 9.11. The van der Waals surface area contributed by atoms with Crippen molar-refractivity contribution in [3.05, 3.63) is 0 Å². The molecule has 0 aliphatic carbocycles. The van der Waals surface area contributed by atoms with Gasteiger partial charge in [0.05, 0.1) is 13.0 Å². The quantitative estimate of drug-likeness (QED) is 0.307. The Morgan fingerprint density at radius 3 is 1.74 bits per heavy atom. The largest absolute Gasteiger partial charge is 0.481 e. The van der Waals surface area contributed by atoms with E-state index in [1.807, 2.05) is 0 Å². The molecule has 131 valence electrons. The molecule has 0 fully saturated rings. The fraction of sp³-hybridized carbons (Fsp3) is 0.889. The van der Waals surface area contributed by atoms with Crippen LogP contribution < -0.4 is 5.32 Å². The summed E-state index contributed by atoms with van der Waals surface area (Å²) in [6.07, 6.45) is 14.8. The summed E-state index contributed by atoms with van der Waals surface area (Å²) in [5.74, 6) is -0.633. The van der Waals surface area contributed by atoms with Crippen LogP contribution in [0.1, 0.15) is 90.4 Å². The minimum Gasteiger partial charge on any atom is -0.481 e. The molecule has 0 atom stereocenters. The number of carbonyl (C=O) groups is 2. The molecular formula is C18H35KNO3. The van der Waals surface area contributed by atoms with Crippen LogP contribution in [-0.2, 0) is 9.59 Å². The SMILES string of the molecule is CCCCCCCCCCCCCC(=O)CNCCC(=O)O.[K]. The number of hydrogen-bond donors (Lipinski definition) is 2. The van der Waals surface area contributed by atoms with Crippen molar-refractivity contribution in [2.24, 2.45) is 0 Å². The number of unbranched alkanes of at least 4 members (excludes halogenated alkanes) is 10. The maximum atomic E-state index is 11.5. The number of carbonyl (C=O) groups excluding carboxylic acids is 1. The Labute approximate surface area is 185 Å². The zero-order valence-corrected chi connectivity index (χ0v) is 18.5.